The van der Waals surface area contributed by atoms with E-state index < -0.39 is 10.0 Å². The molecule has 2 N–H and O–H groups in total. The van der Waals surface area contributed by atoms with Crippen LogP contribution in [0.25, 0.3) is 0 Å². The summed E-state index contributed by atoms with van der Waals surface area (Å²) in [7, 11) is -3.61. The van der Waals surface area contributed by atoms with Crippen LogP contribution in [0.2, 0.25) is 0 Å². The molecule has 0 radical (unpaired) electrons. The molecule has 0 amide bonds. The minimum atomic E-state index is -3.61. The quantitative estimate of drug-likeness (QED) is 0.708. The molecule has 0 saturated heterocycles. The van der Waals surface area contributed by atoms with Crippen LogP contribution in [-0.4, -0.2) is 25.2 Å². The summed E-state index contributed by atoms with van der Waals surface area (Å²) in [6.45, 7) is 2.92. The predicted octanol–water partition coefficient (Wildman–Crippen LogP) is 3.31. The maximum atomic E-state index is 12.1. The van der Waals surface area contributed by atoms with E-state index in [1.54, 1.807) is 18.2 Å². The maximum absolute atomic E-state index is 12.1. The van der Waals surface area contributed by atoms with Gasteiger partial charge in [0.15, 0.2) is 5.82 Å². The van der Waals surface area contributed by atoms with Crippen molar-refractivity contribution in [1.82, 2.24) is 10.2 Å². The van der Waals surface area contributed by atoms with Gasteiger partial charge in [-0.2, -0.15) is 0 Å². The number of hydrogen-bond acceptors (Lipinski definition) is 6. The van der Waals surface area contributed by atoms with Crippen molar-refractivity contribution in [2.24, 2.45) is 0 Å². The molecule has 9 heteroatoms. The minimum Gasteiger partial charge on any atom is -0.369 e. The van der Waals surface area contributed by atoms with E-state index >= 15 is 0 Å². The lowest BCUT2D eigenvalue weighted by molar-refractivity contribution is 0.603. The Balaban J connectivity index is 2.03. The first-order valence-electron chi connectivity index (χ1n) is 6.37. The smallest absolute Gasteiger partial charge is 0.272 e. The van der Waals surface area contributed by atoms with Gasteiger partial charge in [0.2, 0.25) is 0 Å². The van der Waals surface area contributed by atoms with Gasteiger partial charge in [-0.1, -0.05) is 13.3 Å². The Morgan fingerprint density at radius 2 is 1.90 bits per heavy atom. The molecule has 21 heavy (non-hydrogen) atoms. The normalized spacial score (nSPS) is 11.3. The van der Waals surface area contributed by atoms with Crippen LogP contribution in [0.4, 0.5) is 11.6 Å². The van der Waals surface area contributed by atoms with Crippen molar-refractivity contribution >= 4 is 48.9 Å². The summed E-state index contributed by atoms with van der Waals surface area (Å²) in [5.74, 6) is 0.825. The third-order valence-corrected chi connectivity index (χ3v) is 6.02. The highest BCUT2D eigenvalue weighted by Gasteiger charge is 2.17. The Morgan fingerprint density at radius 3 is 2.48 bits per heavy atom. The third kappa shape index (κ3) is 4.65. The lowest BCUT2D eigenvalue weighted by Gasteiger charge is -2.06. The van der Waals surface area contributed by atoms with Crippen molar-refractivity contribution in [3.8, 4) is 0 Å². The zero-order chi connectivity index (χ0) is 15.3. The molecule has 0 fully saturated rings. The molecule has 0 spiro atoms. The molecule has 0 atom stereocenters. The average molecular weight is 391 g/mol. The Labute approximate surface area is 136 Å². The number of anilines is 2. The molecule has 0 aliphatic carbocycles. The highest BCUT2D eigenvalue weighted by Crippen LogP contribution is 2.27. The van der Waals surface area contributed by atoms with Gasteiger partial charge in [0.25, 0.3) is 10.0 Å². The van der Waals surface area contributed by atoms with Crippen molar-refractivity contribution < 1.29 is 8.42 Å². The highest BCUT2D eigenvalue weighted by molar-refractivity contribution is 9.11. The average Bonchev–Trinajstić information content (AvgIpc) is 2.88. The molecule has 2 aromatic rings. The monoisotopic (exact) mass is 390 g/mol. The van der Waals surface area contributed by atoms with Crippen LogP contribution in [0.5, 0.6) is 0 Å². The van der Waals surface area contributed by atoms with E-state index in [1.807, 2.05) is 0 Å². The number of unbranched alkanes of at least 4 members (excludes halogenated alkanes) is 1. The molecule has 0 bridgehead atoms. The van der Waals surface area contributed by atoms with E-state index in [4.69, 9.17) is 0 Å². The second-order valence-corrected chi connectivity index (χ2v) is 8.62. The zero-order valence-electron chi connectivity index (χ0n) is 11.3. The van der Waals surface area contributed by atoms with E-state index in [0.29, 0.717) is 5.82 Å². The number of aromatic nitrogens is 2. The fourth-order valence-corrected chi connectivity index (χ4v) is 4.51. The van der Waals surface area contributed by atoms with E-state index in [0.717, 1.165) is 34.5 Å². The number of nitrogens with zero attached hydrogens (tertiary/aromatic N) is 2. The molecule has 2 aromatic heterocycles. The Hall–Kier alpha value is -1.19. The van der Waals surface area contributed by atoms with Crippen molar-refractivity contribution in [2.45, 2.75) is 24.0 Å². The molecule has 0 aliphatic heterocycles. The first kappa shape index (κ1) is 16.2. The fourth-order valence-electron chi connectivity index (χ4n) is 1.50. The van der Waals surface area contributed by atoms with Gasteiger partial charge < -0.3 is 5.32 Å². The van der Waals surface area contributed by atoms with Crippen molar-refractivity contribution in [1.29, 1.82) is 0 Å². The molecule has 2 rings (SSSR count). The van der Waals surface area contributed by atoms with Crippen LogP contribution in [0.1, 0.15) is 19.8 Å². The Bertz CT molecular complexity index is 686. The summed E-state index contributed by atoms with van der Waals surface area (Å²) in [6.07, 6.45) is 2.14. The molecular formula is C12H15BrN4O2S2. The van der Waals surface area contributed by atoms with Crippen LogP contribution in [0.15, 0.2) is 32.3 Å². The SMILES string of the molecule is CCCCNc1ccc(NS(=O)(=O)c2ccc(Br)s2)nn1. The van der Waals surface area contributed by atoms with E-state index in [9.17, 15) is 8.42 Å². The molecule has 0 aliphatic rings. The van der Waals surface area contributed by atoms with E-state index in [2.05, 4.69) is 43.1 Å². The summed E-state index contributed by atoms with van der Waals surface area (Å²) < 4.78 is 27.6. The molecule has 0 unspecified atom stereocenters. The number of hydrogen-bond donors (Lipinski definition) is 2. The lowest BCUT2D eigenvalue weighted by atomic mass is 10.3. The second-order valence-electron chi connectivity index (χ2n) is 4.25. The largest absolute Gasteiger partial charge is 0.369 e. The number of nitrogens with one attached hydrogen (secondary N) is 2. The van der Waals surface area contributed by atoms with E-state index in [1.165, 1.54) is 6.07 Å². The van der Waals surface area contributed by atoms with Gasteiger partial charge in [-0.25, -0.2) is 8.42 Å². The van der Waals surface area contributed by atoms with Gasteiger partial charge in [0.05, 0.1) is 3.79 Å². The Kier molecular flexibility index (Phi) is 5.54. The third-order valence-electron chi connectivity index (χ3n) is 2.55. The van der Waals surface area contributed by atoms with Gasteiger partial charge in [-0.05, 0) is 46.6 Å². The van der Waals surface area contributed by atoms with Gasteiger partial charge in [0, 0.05) is 6.54 Å². The van der Waals surface area contributed by atoms with Crippen molar-refractivity contribution in [3.63, 3.8) is 0 Å². The van der Waals surface area contributed by atoms with Gasteiger partial charge in [0.1, 0.15) is 10.0 Å². The molecule has 0 saturated carbocycles. The first-order valence-corrected chi connectivity index (χ1v) is 9.46. The second kappa shape index (κ2) is 7.19. The topological polar surface area (TPSA) is 84.0 Å². The van der Waals surface area contributed by atoms with Gasteiger partial charge >= 0.3 is 0 Å². The predicted molar refractivity (Wildman–Crippen MR) is 88.3 cm³/mol. The number of halogens is 1. The maximum Gasteiger partial charge on any atom is 0.272 e. The Morgan fingerprint density at radius 1 is 1.19 bits per heavy atom. The summed E-state index contributed by atoms with van der Waals surface area (Å²) in [4.78, 5) is 0. The van der Waals surface area contributed by atoms with Crippen molar-refractivity contribution in [3.05, 3.63) is 28.1 Å². The summed E-state index contributed by atoms with van der Waals surface area (Å²) in [5, 5.41) is 10.9. The molecule has 0 aromatic carbocycles. The molecule has 2 heterocycles. The number of rotatable bonds is 7. The van der Waals surface area contributed by atoms with Crippen LogP contribution in [-0.2, 0) is 10.0 Å². The van der Waals surface area contributed by atoms with Crippen LogP contribution in [0.3, 0.4) is 0 Å². The van der Waals surface area contributed by atoms with Crippen LogP contribution >= 0.6 is 27.3 Å². The van der Waals surface area contributed by atoms with Crippen LogP contribution in [0, 0.1) is 0 Å². The molecular weight excluding hydrogens is 376 g/mol. The summed E-state index contributed by atoms with van der Waals surface area (Å²) in [6, 6.07) is 6.50. The fraction of sp³-hybridized carbons (Fsp3) is 0.333. The zero-order valence-corrected chi connectivity index (χ0v) is 14.6. The molecule has 6 nitrogen and oxygen atoms in total. The van der Waals surface area contributed by atoms with Crippen molar-refractivity contribution in [2.75, 3.05) is 16.6 Å². The van der Waals surface area contributed by atoms with Crippen LogP contribution < -0.4 is 10.0 Å². The summed E-state index contributed by atoms with van der Waals surface area (Å²) in [5.41, 5.74) is 0. The minimum absolute atomic E-state index is 0.195. The first-order chi connectivity index (χ1) is 10.0. The number of sulfonamides is 1. The molecule has 114 valence electrons. The lowest BCUT2D eigenvalue weighted by Crippen LogP contribution is -2.13. The number of thiophene rings is 1. The van der Waals surface area contributed by atoms with E-state index in [-0.39, 0.29) is 10.0 Å². The summed E-state index contributed by atoms with van der Waals surface area (Å²) >= 11 is 4.38. The highest BCUT2D eigenvalue weighted by atomic mass is 79.9. The standard InChI is InChI=1S/C12H15BrN4O2S2/c1-2-3-8-14-10-5-6-11(16-15-10)17-21(18,19)12-7-4-9(13)20-12/h4-7H,2-3,8H2,1H3,(H,14,15)(H,16,17). The van der Waals surface area contributed by atoms with Gasteiger partial charge in [-0.3, -0.25) is 4.72 Å². The van der Waals surface area contributed by atoms with Gasteiger partial charge in [-0.15, -0.1) is 21.5 Å².